The lowest BCUT2D eigenvalue weighted by Crippen LogP contribution is -2.21. The molecule has 1 aromatic carbocycles. The highest BCUT2D eigenvalue weighted by atomic mass is 16.4. The van der Waals surface area contributed by atoms with E-state index in [0.717, 1.165) is 11.3 Å². The zero-order valence-electron chi connectivity index (χ0n) is 9.81. The molecule has 1 aliphatic carbocycles. The molecule has 4 heteroatoms. The average Bonchev–Trinajstić information content (AvgIpc) is 2.28. The molecule has 2 rings (SSSR count). The van der Waals surface area contributed by atoms with E-state index in [1.165, 1.54) is 0 Å². The summed E-state index contributed by atoms with van der Waals surface area (Å²) >= 11 is 0. The Morgan fingerprint density at radius 2 is 1.94 bits per heavy atom. The minimum atomic E-state index is 0.0177. The molecule has 1 saturated carbocycles. The standard InChI is InChI=1S/C13H14BO3/c1-14-17-13-4-2-3-9(7-13)10-5-11(15)8-12(16)6-10/h2-4,7,10H,5-6,8H2,1H3. The minimum absolute atomic E-state index is 0.0177. The first-order valence-electron chi connectivity index (χ1n) is 5.77. The maximum Gasteiger partial charge on any atom is 0.366 e. The SMILES string of the molecule is C[B]Oc1cccc(C2CC(=O)CC(=O)C2)c1. The summed E-state index contributed by atoms with van der Waals surface area (Å²) in [5, 5.41) is 0. The van der Waals surface area contributed by atoms with Gasteiger partial charge in [-0.25, -0.2) is 0 Å². The molecule has 0 heterocycles. The summed E-state index contributed by atoms with van der Waals surface area (Å²) in [6, 6.07) is 7.59. The molecule has 0 bridgehead atoms. The summed E-state index contributed by atoms with van der Waals surface area (Å²) in [4.78, 5) is 22.8. The van der Waals surface area contributed by atoms with E-state index in [9.17, 15) is 9.59 Å². The van der Waals surface area contributed by atoms with E-state index in [-0.39, 0.29) is 23.9 Å². The number of hydrogen-bond acceptors (Lipinski definition) is 3. The van der Waals surface area contributed by atoms with Crippen LogP contribution in [0.1, 0.15) is 30.7 Å². The van der Waals surface area contributed by atoms with Crippen LogP contribution < -0.4 is 4.65 Å². The molecule has 0 saturated heterocycles. The lowest BCUT2D eigenvalue weighted by molar-refractivity contribution is -0.130. The van der Waals surface area contributed by atoms with Gasteiger partial charge in [0.05, 0.1) is 12.2 Å². The molecule has 0 aliphatic heterocycles. The highest BCUT2D eigenvalue weighted by Crippen LogP contribution is 2.30. The second kappa shape index (κ2) is 5.17. The molecule has 0 aromatic heterocycles. The Labute approximate surface area is 101 Å². The quantitative estimate of drug-likeness (QED) is 0.589. The fourth-order valence-corrected chi connectivity index (χ4v) is 2.20. The van der Waals surface area contributed by atoms with Crippen LogP contribution in [0.2, 0.25) is 6.82 Å². The van der Waals surface area contributed by atoms with Crippen molar-refractivity contribution in [3.8, 4) is 5.75 Å². The van der Waals surface area contributed by atoms with Crippen molar-refractivity contribution in [1.82, 2.24) is 0 Å². The Bertz CT molecular complexity index is 426. The van der Waals surface area contributed by atoms with Gasteiger partial charge in [-0.15, -0.1) is 0 Å². The van der Waals surface area contributed by atoms with Crippen molar-refractivity contribution in [2.24, 2.45) is 0 Å². The molecular formula is C13H14BO3. The number of hydrogen-bond donors (Lipinski definition) is 0. The Morgan fingerprint density at radius 3 is 2.59 bits per heavy atom. The average molecular weight is 229 g/mol. The van der Waals surface area contributed by atoms with Crippen LogP contribution in [0.25, 0.3) is 0 Å². The van der Waals surface area contributed by atoms with Crippen molar-refractivity contribution in [3.63, 3.8) is 0 Å². The van der Waals surface area contributed by atoms with Gasteiger partial charge >= 0.3 is 7.48 Å². The van der Waals surface area contributed by atoms with Gasteiger partial charge in [0.1, 0.15) is 11.6 Å². The molecule has 0 N–H and O–H groups in total. The van der Waals surface area contributed by atoms with Crippen molar-refractivity contribution >= 4 is 19.0 Å². The Hall–Kier alpha value is -1.58. The van der Waals surface area contributed by atoms with Crippen LogP contribution in [0.15, 0.2) is 24.3 Å². The van der Waals surface area contributed by atoms with Crippen LogP contribution in [-0.2, 0) is 9.59 Å². The summed E-state index contributed by atoms with van der Waals surface area (Å²) in [6.45, 7) is 1.81. The smallest absolute Gasteiger partial charge is 0.366 e. The number of rotatable bonds is 3. The molecular weight excluding hydrogens is 215 g/mol. The predicted molar refractivity (Wildman–Crippen MR) is 65.3 cm³/mol. The van der Waals surface area contributed by atoms with Crippen LogP contribution >= 0.6 is 0 Å². The van der Waals surface area contributed by atoms with Gasteiger partial charge < -0.3 is 4.65 Å². The van der Waals surface area contributed by atoms with Gasteiger partial charge in [0.15, 0.2) is 0 Å². The molecule has 17 heavy (non-hydrogen) atoms. The first kappa shape index (κ1) is 11.9. The van der Waals surface area contributed by atoms with Gasteiger partial charge in [0.2, 0.25) is 0 Å². The maximum atomic E-state index is 11.4. The lowest BCUT2D eigenvalue weighted by atomic mass is 9.82. The molecule has 0 amide bonds. The van der Waals surface area contributed by atoms with Crippen LogP contribution in [0.4, 0.5) is 0 Å². The highest BCUT2D eigenvalue weighted by Gasteiger charge is 2.26. The molecule has 1 fully saturated rings. The van der Waals surface area contributed by atoms with Crippen molar-refractivity contribution in [2.75, 3.05) is 0 Å². The third-order valence-corrected chi connectivity index (χ3v) is 2.93. The lowest BCUT2D eigenvalue weighted by Gasteiger charge is -2.20. The highest BCUT2D eigenvalue weighted by molar-refractivity contribution is 6.26. The Kier molecular flexibility index (Phi) is 3.62. The van der Waals surface area contributed by atoms with Gasteiger partial charge in [-0.05, 0) is 23.6 Å². The summed E-state index contributed by atoms with van der Waals surface area (Å²) in [5.74, 6) is 0.846. The third kappa shape index (κ3) is 2.96. The van der Waals surface area contributed by atoms with Crippen LogP contribution in [0.3, 0.4) is 0 Å². The third-order valence-electron chi connectivity index (χ3n) is 2.93. The molecule has 0 atom stereocenters. The summed E-state index contributed by atoms with van der Waals surface area (Å²) in [7, 11) is 1.61. The molecule has 1 aliphatic rings. The van der Waals surface area contributed by atoms with E-state index < -0.39 is 0 Å². The van der Waals surface area contributed by atoms with Gasteiger partial charge in [-0.2, -0.15) is 0 Å². The van der Waals surface area contributed by atoms with Crippen LogP contribution in [0.5, 0.6) is 5.75 Å². The van der Waals surface area contributed by atoms with E-state index >= 15 is 0 Å². The zero-order valence-corrected chi connectivity index (χ0v) is 9.81. The number of Topliss-reactive ketones (excluding diaryl/α,β-unsaturated/α-hetero) is 2. The van der Waals surface area contributed by atoms with Gasteiger partial charge in [-0.3, -0.25) is 9.59 Å². The fraction of sp³-hybridized carbons (Fsp3) is 0.385. The summed E-state index contributed by atoms with van der Waals surface area (Å²) in [6.07, 6.45) is 1.03. The number of ketones is 2. The first-order chi connectivity index (χ1) is 8.19. The predicted octanol–water partition coefficient (Wildman–Crippen LogP) is 2.14. The van der Waals surface area contributed by atoms with Crippen molar-refractivity contribution in [1.29, 1.82) is 0 Å². The van der Waals surface area contributed by atoms with Crippen molar-refractivity contribution < 1.29 is 14.2 Å². The largest absolute Gasteiger partial charge is 0.564 e. The molecule has 3 nitrogen and oxygen atoms in total. The Balaban J connectivity index is 2.18. The maximum absolute atomic E-state index is 11.4. The summed E-state index contributed by atoms with van der Waals surface area (Å²) < 4.78 is 5.30. The monoisotopic (exact) mass is 229 g/mol. The fourth-order valence-electron chi connectivity index (χ4n) is 2.20. The molecule has 0 unspecified atom stereocenters. The van der Waals surface area contributed by atoms with E-state index in [1.807, 2.05) is 24.3 Å². The van der Waals surface area contributed by atoms with Gasteiger partial charge in [0.25, 0.3) is 0 Å². The minimum Gasteiger partial charge on any atom is -0.564 e. The van der Waals surface area contributed by atoms with Gasteiger partial charge in [-0.1, -0.05) is 19.0 Å². The number of benzene rings is 1. The number of carbonyl (C=O) groups is 2. The van der Waals surface area contributed by atoms with Crippen molar-refractivity contribution in [3.05, 3.63) is 29.8 Å². The normalized spacial score (nSPS) is 17.0. The molecule has 1 aromatic rings. The van der Waals surface area contributed by atoms with E-state index in [4.69, 9.17) is 4.65 Å². The second-order valence-electron chi connectivity index (χ2n) is 4.29. The van der Waals surface area contributed by atoms with Crippen LogP contribution in [0, 0.1) is 0 Å². The second-order valence-corrected chi connectivity index (χ2v) is 4.29. The van der Waals surface area contributed by atoms with E-state index in [1.54, 1.807) is 14.3 Å². The topological polar surface area (TPSA) is 43.4 Å². The first-order valence-corrected chi connectivity index (χ1v) is 5.77. The molecule has 1 radical (unpaired) electrons. The van der Waals surface area contributed by atoms with Crippen LogP contribution in [-0.4, -0.2) is 19.0 Å². The molecule has 87 valence electrons. The number of carbonyl (C=O) groups excluding carboxylic acids is 2. The molecule has 0 spiro atoms. The van der Waals surface area contributed by atoms with E-state index in [2.05, 4.69) is 0 Å². The van der Waals surface area contributed by atoms with Gasteiger partial charge in [0, 0.05) is 12.8 Å². The summed E-state index contributed by atoms with van der Waals surface area (Å²) in [5.41, 5.74) is 1.01. The van der Waals surface area contributed by atoms with Crippen molar-refractivity contribution in [2.45, 2.75) is 32.0 Å². The Morgan fingerprint density at radius 1 is 1.24 bits per heavy atom. The van der Waals surface area contributed by atoms with E-state index in [0.29, 0.717) is 12.8 Å². The zero-order chi connectivity index (χ0) is 12.3.